The van der Waals surface area contributed by atoms with Gasteiger partial charge in [-0.2, -0.15) is 11.8 Å². The molecule has 0 spiro atoms. The highest BCUT2D eigenvalue weighted by molar-refractivity contribution is 7.99. The molecule has 1 fully saturated rings. The van der Waals surface area contributed by atoms with E-state index in [1.165, 1.54) is 0 Å². The van der Waals surface area contributed by atoms with Gasteiger partial charge >= 0.3 is 0 Å². The van der Waals surface area contributed by atoms with Crippen molar-refractivity contribution in [2.45, 2.75) is 24.6 Å². The minimum absolute atomic E-state index is 0.0841. The van der Waals surface area contributed by atoms with E-state index in [9.17, 15) is 9.59 Å². The summed E-state index contributed by atoms with van der Waals surface area (Å²) in [6, 6.07) is 4.62. The van der Waals surface area contributed by atoms with Gasteiger partial charge in [-0.3, -0.25) is 9.59 Å². The summed E-state index contributed by atoms with van der Waals surface area (Å²) >= 11 is 7.68. The molecule has 6 heteroatoms. The molecular weight excluding hydrogens is 296 g/mol. The van der Waals surface area contributed by atoms with Crippen LogP contribution >= 0.6 is 23.4 Å². The first-order valence-electron chi connectivity index (χ1n) is 6.65. The maximum Gasteiger partial charge on any atom is 0.256 e. The van der Waals surface area contributed by atoms with Gasteiger partial charge in [-0.15, -0.1) is 0 Å². The van der Waals surface area contributed by atoms with Crippen LogP contribution in [0.15, 0.2) is 18.2 Å². The van der Waals surface area contributed by atoms with Gasteiger partial charge in [0.05, 0.1) is 11.3 Å². The molecule has 0 unspecified atom stereocenters. The highest BCUT2D eigenvalue weighted by atomic mass is 35.5. The third-order valence-electron chi connectivity index (χ3n) is 3.72. The molecule has 0 radical (unpaired) electrons. The predicted octanol–water partition coefficient (Wildman–Crippen LogP) is 2.63. The number of anilines is 1. The lowest BCUT2D eigenvalue weighted by Crippen LogP contribution is -2.44. The van der Waals surface area contributed by atoms with E-state index in [4.69, 9.17) is 11.6 Å². The van der Waals surface area contributed by atoms with Crippen molar-refractivity contribution in [1.29, 1.82) is 0 Å². The number of thioether (sulfide) groups is 1. The Bertz CT molecular complexity index is 578. The summed E-state index contributed by atoms with van der Waals surface area (Å²) in [5.41, 5.74) is 1.04. The van der Waals surface area contributed by atoms with Crippen molar-refractivity contribution in [3.8, 4) is 0 Å². The van der Waals surface area contributed by atoms with Crippen molar-refractivity contribution in [1.82, 2.24) is 4.90 Å². The number of nitrogens with zero attached hydrogens (tertiary/aromatic N) is 1. The molecule has 2 atom stereocenters. The van der Waals surface area contributed by atoms with Crippen LogP contribution in [0.4, 0.5) is 5.69 Å². The molecule has 1 aromatic carbocycles. The van der Waals surface area contributed by atoms with Crippen LogP contribution in [0.2, 0.25) is 5.02 Å². The van der Waals surface area contributed by atoms with E-state index in [0.29, 0.717) is 22.8 Å². The zero-order chi connectivity index (χ0) is 14.3. The van der Waals surface area contributed by atoms with Crippen molar-refractivity contribution in [3.63, 3.8) is 0 Å². The van der Waals surface area contributed by atoms with Gasteiger partial charge < -0.3 is 10.2 Å². The molecule has 0 bridgehead atoms. The highest BCUT2D eigenvalue weighted by Gasteiger charge is 2.44. The molecule has 4 nitrogen and oxygen atoms in total. The van der Waals surface area contributed by atoms with Crippen LogP contribution in [-0.2, 0) is 4.79 Å². The number of carbonyl (C=O) groups is 2. The van der Waals surface area contributed by atoms with Crippen molar-refractivity contribution in [2.75, 3.05) is 17.6 Å². The summed E-state index contributed by atoms with van der Waals surface area (Å²) in [5, 5.41) is 3.54. The summed E-state index contributed by atoms with van der Waals surface area (Å²) in [4.78, 5) is 26.7. The second-order valence-corrected chi connectivity index (χ2v) is 6.86. The molecule has 2 heterocycles. The average Bonchev–Trinajstić information content (AvgIpc) is 2.78. The standard InChI is InChI=1S/C14H15ClN2O2S/c1-2-20-11-5-6-17-12(11)13(18)16-10-7-8(15)3-4-9(10)14(17)19/h3-4,7,11-12H,2,5-6H2,1H3,(H,16,18)/t11-,12+/m1/s1. The number of benzene rings is 1. The Balaban J connectivity index is 2.01. The van der Waals surface area contributed by atoms with Crippen LogP contribution in [-0.4, -0.2) is 40.3 Å². The largest absolute Gasteiger partial charge is 0.325 e. The first-order valence-corrected chi connectivity index (χ1v) is 8.07. The van der Waals surface area contributed by atoms with E-state index >= 15 is 0 Å². The number of carbonyl (C=O) groups excluding carboxylic acids is 2. The summed E-state index contributed by atoms with van der Waals surface area (Å²) in [5.74, 6) is 0.747. The van der Waals surface area contributed by atoms with E-state index in [1.807, 2.05) is 0 Å². The molecule has 106 valence electrons. The fraction of sp³-hybridized carbons (Fsp3) is 0.429. The Morgan fingerprint density at radius 3 is 3.00 bits per heavy atom. The Morgan fingerprint density at radius 2 is 2.25 bits per heavy atom. The molecule has 0 aliphatic carbocycles. The Morgan fingerprint density at radius 1 is 1.45 bits per heavy atom. The van der Waals surface area contributed by atoms with E-state index in [-0.39, 0.29) is 23.1 Å². The first kappa shape index (κ1) is 13.8. The van der Waals surface area contributed by atoms with Crippen LogP contribution in [0, 0.1) is 0 Å². The lowest BCUT2D eigenvalue weighted by atomic mass is 10.1. The number of halogens is 1. The lowest BCUT2D eigenvalue weighted by Gasteiger charge is -2.23. The minimum Gasteiger partial charge on any atom is -0.325 e. The van der Waals surface area contributed by atoms with E-state index in [1.54, 1.807) is 34.9 Å². The van der Waals surface area contributed by atoms with Crippen LogP contribution in [0.1, 0.15) is 23.7 Å². The molecule has 1 saturated heterocycles. The van der Waals surface area contributed by atoms with E-state index < -0.39 is 0 Å². The predicted molar refractivity (Wildman–Crippen MR) is 81.4 cm³/mol. The number of amides is 2. The third-order valence-corrected chi connectivity index (χ3v) is 5.21. The maximum atomic E-state index is 12.6. The zero-order valence-electron chi connectivity index (χ0n) is 11.1. The summed E-state index contributed by atoms with van der Waals surface area (Å²) in [6.45, 7) is 2.70. The summed E-state index contributed by atoms with van der Waals surface area (Å²) in [7, 11) is 0. The monoisotopic (exact) mass is 310 g/mol. The maximum absolute atomic E-state index is 12.6. The molecule has 3 rings (SSSR count). The van der Waals surface area contributed by atoms with Crippen LogP contribution < -0.4 is 5.32 Å². The molecule has 1 aromatic rings. The van der Waals surface area contributed by atoms with Crippen molar-refractivity contribution >= 4 is 40.9 Å². The van der Waals surface area contributed by atoms with Gasteiger partial charge in [-0.05, 0) is 30.4 Å². The summed E-state index contributed by atoms with van der Waals surface area (Å²) < 4.78 is 0. The van der Waals surface area contributed by atoms with Crippen LogP contribution in [0.3, 0.4) is 0 Å². The Labute approximate surface area is 126 Å². The smallest absolute Gasteiger partial charge is 0.256 e. The Hall–Kier alpha value is -1.20. The van der Waals surface area contributed by atoms with Gasteiger partial charge in [0, 0.05) is 16.8 Å². The lowest BCUT2D eigenvalue weighted by molar-refractivity contribution is -0.119. The highest BCUT2D eigenvalue weighted by Crippen LogP contribution is 2.35. The Kier molecular flexibility index (Phi) is 3.65. The molecular formula is C14H15ClN2O2S. The molecule has 2 amide bonds. The zero-order valence-corrected chi connectivity index (χ0v) is 12.6. The van der Waals surface area contributed by atoms with Crippen molar-refractivity contribution < 1.29 is 9.59 Å². The second-order valence-electron chi connectivity index (χ2n) is 4.91. The fourth-order valence-electron chi connectivity index (χ4n) is 2.86. The van der Waals surface area contributed by atoms with Crippen LogP contribution in [0.25, 0.3) is 0 Å². The SMILES string of the molecule is CCS[C@@H]1CCN2C(=O)c3ccc(Cl)cc3NC(=O)[C@H]12. The van der Waals surface area contributed by atoms with Gasteiger partial charge in [0.25, 0.3) is 5.91 Å². The van der Waals surface area contributed by atoms with Gasteiger partial charge in [0.15, 0.2) is 0 Å². The van der Waals surface area contributed by atoms with Crippen LogP contribution in [0.5, 0.6) is 0 Å². The van der Waals surface area contributed by atoms with Crippen molar-refractivity contribution in [2.24, 2.45) is 0 Å². The quantitative estimate of drug-likeness (QED) is 0.913. The number of nitrogens with one attached hydrogen (secondary N) is 1. The van der Waals surface area contributed by atoms with E-state index in [0.717, 1.165) is 12.2 Å². The molecule has 2 aliphatic heterocycles. The summed E-state index contributed by atoms with van der Waals surface area (Å²) in [6.07, 6.45) is 0.866. The molecule has 0 aromatic heterocycles. The fourth-order valence-corrected chi connectivity index (χ4v) is 4.18. The molecule has 20 heavy (non-hydrogen) atoms. The molecule has 1 N–H and O–H groups in total. The number of hydrogen-bond donors (Lipinski definition) is 1. The van der Waals surface area contributed by atoms with Gasteiger partial charge in [-0.25, -0.2) is 0 Å². The topological polar surface area (TPSA) is 49.4 Å². The average molecular weight is 311 g/mol. The van der Waals surface area contributed by atoms with Crippen molar-refractivity contribution in [3.05, 3.63) is 28.8 Å². The number of fused-ring (bicyclic) bond motifs is 2. The first-order chi connectivity index (χ1) is 9.61. The number of hydrogen-bond acceptors (Lipinski definition) is 3. The van der Waals surface area contributed by atoms with Gasteiger partial charge in [0.2, 0.25) is 5.91 Å². The second kappa shape index (κ2) is 5.30. The number of rotatable bonds is 2. The molecule has 2 aliphatic rings. The van der Waals surface area contributed by atoms with Gasteiger partial charge in [0.1, 0.15) is 6.04 Å². The normalized spacial score (nSPS) is 25.0. The molecule has 0 saturated carbocycles. The van der Waals surface area contributed by atoms with Gasteiger partial charge in [-0.1, -0.05) is 18.5 Å². The minimum atomic E-state index is -0.376. The third kappa shape index (κ3) is 2.19. The van der Waals surface area contributed by atoms with E-state index in [2.05, 4.69) is 12.2 Å².